The minimum Gasteiger partial charge on any atom is -0.497 e. The summed E-state index contributed by atoms with van der Waals surface area (Å²) in [6.45, 7) is 0.114. The number of nitro benzene ring substituents is 1. The van der Waals surface area contributed by atoms with Crippen molar-refractivity contribution >= 4 is 11.5 Å². The zero-order valence-corrected chi connectivity index (χ0v) is 9.30. The minimum atomic E-state index is -0.539. The van der Waals surface area contributed by atoms with Crippen LogP contribution in [0.3, 0.4) is 0 Å². The average molecular weight is 239 g/mol. The predicted molar refractivity (Wildman–Crippen MR) is 61.7 cm³/mol. The van der Waals surface area contributed by atoms with Crippen LogP contribution in [-0.4, -0.2) is 24.5 Å². The molecule has 0 unspecified atom stereocenters. The van der Waals surface area contributed by atoms with E-state index < -0.39 is 4.92 Å². The monoisotopic (exact) mass is 239 g/mol. The van der Waals surface area contributed by atoms with Gasteiger partial charge in [0.25, 0.3) is 0 Å². The number of ether oxygens (including phenoxy) is 2. The lowest BCUT2D eigenvalue weighted by atomic mass is 10.3. The summed E-state index contributed by atoms with van der Waals surface area (Å²) in [5.41, 5.74) is 5.01. The van der Waals surface area contributed by atoms with E-state index in [1.165, 1.54) is 25.3 Å². The van der Waals surface area contributed by atoms with Crippen LogP contribution in [0.4, 0.5) is 5.69 Å². The molecule has 17 heavy (non-hydrogen) atoms. The molecular formula is C10H13N3O4. The first kappa shape index (κ1) is 12.8. The van der Waals surface area contributed by atoms with Gasteiger partial charge < -0.3 is 15.2 Å². The van der Waals surface area contributed by atoms with Crippen LogP contribution in [0.5, 0.6) is 11.5 Å². The maximum Gasteiger partial charge on any atom is 0.311 e. The lowest BCUT2D eigenvalue weighted by Gasteiger charge is -2.07. The summed E-state index contributed by atoms with van der Waals surface area (Å²) in [6.07, 6.45) is 0.217. The molecule has 0 saturated carbocycles. The topological polar surface area (TPSA) is 111 Å². The third kappa shape index (κ3) is 3.63. The number of benzene rings is 1. The highest BCUT2D eigenvalue weighted by molar-refractivity contribution is 5.76. The van der Waals surface area contributed by atoms with E-state index in [2.05, 4.69) is 0 Å². The van der Waals surface area contributed by atoms with E-state index >= 15 is 0 Å². The van der Waals surface area contributed by atoms with Crippen molar-refractivity contribution in [2.24, 2.45) is 5.73 Å². The summed E-state index contributed by atoms with van der Waals surface area (Å²) in [5.74, 6) is 0.541. The predicted octanol–water partition coefficient (Wildman–Crippen LogP) is 1.31. The Morgan fingerprint density at radius 2 is 2.29 bits per heavy atom. The Bertz CT molecular complexity index is 434. The van der Waals surface area contributed by atoms with Gasteiger partial charge in [-0.15, -0.1) is 0 Å². The molecule has 1 rings (SSSR count). The Morgan fingerprint density at radius 3 is 2.82 bits per heavy atom. The van der Waals surface area contributed by atoms with Gasteiger partial charge in [0.15, 0.2) is 0 Å². The Morgan fingerprint density at radius 1 is 1.59 bits per heavy atom. The van der Waals surface area contributed by atoms with Crippen molar-refractivity contribution in [3.63, 3.8) is 0 Å². The van der Waals surface area contributed by atoms with E-state index in [0.29, 0.717) is 5.75 Å². The van der Waals surface area contributed by atoms with Crippen LogP contribution < -0.4 is 15.2 Å². The zero-order valence-electron chi connectivity index (χ0n) is 9.30. The largest absolute Gasteiger partial charge is 0.497 e. The number of amidine groups is 1. The summed E-state index contributed by atoms with van der Waals surface area (Å²) in [6, 6.07) is 4.22. The van der Waals surface area contributed by atoms with Gasteiger partial charge in [-0.25, -0.2) is 0 Å². The molecular weight excluding hydrogens is 226 g/mol. The summed E-state index contributed by atoms with van der Waals surface area (Å²) < 4.78 is 10.2. The summed E-state index contributed by atoms with van der Waals surface area (Å²) >= 11 is 0. The number of hydrogen-bond acceptors (Lipinski definition) is 5. The SMILES string of the molecule is COc1ccc([N+](=O)[O-])c(OCCC(=N)N)c1. The highest BCUT2D eigenvalue weighted by atomic mass is 16.6. The van der Waals surface area contributed by atoms with Crippen LogP contribution in [0.2, 0.25) is 0 Å². The minimum absolute atomic E-state index is 0.0319. The molecule has 92 valence electrons. The molecule has 1 aromatic carbocycles. The van der Waals surface area contributed by atoms with Gasteiger partial charge in [0, 0.05) is 18.6 Å². The first-order valence-electron chi connectivity index (χ1n) is 4.82. The lowest BCUT2D eigenvalue weighted by molar-refractivity contribution is -0.385. The molecule has 0 aliphatic heterocycles. The normalized spacial score (nSPS) is 9.71. The van der Waals surface area contributed by atoms with Crippen molar-refractivity contribution in [1.82, 2.24) is 0 Å². The number of nitrogens with one attached hydrogen (secondary N) is 1. The van der Waals surface area contributed by atoms with Gasteiger partial charge in [0.2, 0.25) is 5.75 Å². The van der Waals surface area contributed by atoms with Gasteiger partial charge >= 0.3 is 5.69 Å². The van der Waals surface area contributed by atoms with E-state index in [-0.39, 0.29) is 30.3 Å². The Balaban J connectivity index is 2.85. The number of nitro groups is 1. The third-order valence-corrected chi connectivity index (χ3v) is 1.99. The molecule has 0 bridgehead atoms. The van der Waals surface area contributed by atoms with E-state index in [0.717, 1.165) is 0 Å². The Labute approximate surface area is 97.8 Å². The second-order valence-electron chi connectivity index (χ2n) is 3.21. The fourth-order valence-electron chi connectivity index (χ4n) is 1.16. The molecule has 0 aliphatic carbocycles. The first-order valence-corrected chi connectivity index (χ1v) is 4.82. The highest BCUT2D eigenvalue weighted by Crippen LogP contribution is 2.30. The molecule has 0 spiro atoms. The molecule has 0 fully saturated rings. The smallest absolute Gasteiger partial charge is 0.311 e. The van der Waals surface area contributed by atoms with Crippen LogP contribution >= 0.6 is 0 Å². The Kier molecular flexibility index (Phi) is 4.27. The molecule has 0 radical (unpaired) electrons. The molecule has 7 nitrogen and oxygen atoms in total. The summed E-state index contributed by atoms with van der Waals surface area (Å²) in [5, 5.41) is 17.8. The average Bonchev–Trinajstić information content (AvgIpc) is 2.28. The van der Waals surface area contributed by atoms with Crippen molar-refractivity contribution in [1.29, 1.82) is 5.41 Å². The van der Waals surface area contributed by atoms with Crippen LogP contribution in [0.1, 0.15) is 6.42 Å². The molecule has 0 aliphatic rings. The van der Waals surface area contributed by atoms with Gasteiger partial charge in [-0.2, -0.15) is 0 Å². The van der Waals surface area contributed by atoms with Crippen molar-refractivity contribution in [2.75, 3.05) is 13.7 Å². The van der Waals surface area contributed by atoms with Gasteiger partial charge in [-0.05, 0) is 6.07 Å². The molecule has 0 heterocycles. The molecule has 7 heteroatoms. The molecule has 0 amide bonds. The van der Waals surface area contributed by atoms with Gasteiger partial charge in [-0.3, -0.25) is 15.5 Å². The van der Waals surface area contributed by atoms with Crippen LogP contribution in [0, 0.1) is 15.5 Å². The van der Waals surface area contributed by atoms with Crippen molar-refractivity contribution in [3.05, 3.63) is 28.3 Å². The van der Waals surface area contributed by atoms with Crippen LogP contribution in [-0.2, 0) is 0 Å². The maximum absolute atomic E-state index is 10.7. The molecule has 0 saturated heterocycles. The number of hydrogen-bond donors (Lipinski definition) is 2. The number of rotatable bonds is 6. The number of nitrogens with two attached hydrogens (primary N) is 1. The highest BCUT2D eigenvalue weighted by Gasteiger charge is 2.15. The first-order chi connectivity index (χ1) is 8.04. The quantitative estimate of drug-likeness (QED) is 0.336. The van der Waals surface area contributed by atoms with Crippen molar-refractivity contribution in [2.45, 2.75) is 6.42 Å². The lowest BCUT2D eigenvalue weighted by Crippen LogP contribution is -2.14. The standard InChI is InChI=1S/C10H13N3O4/c1-16-7-2-3-8(13(14)15)9(6-7)17-5-4-10(11)12/h2-3,6H,4-5H2,1H3,(H3,11,12). The van der Waals surface area contributed by atoms with E-state index in [4.69, 9.17) is 20.6 Å². The third-order valence-electron chi connectivity index (χ3n) is 1.99. The molecule has 0 atom stereocenters. The zero-order chi connectivity index (χ0) is 12.8. The van der Waals surface area contributed by atoms with Gasteiger partial charge in [0.05, 0.1) is 24.5 Å². The van der Waals surface area contributed by atoms with E-state index in [9.17, 15) is 10.1 Å². The van der Waals surface area contributed by atoms with Gasteiger partial charge in [0.1, 0.15) is 5.75 Å². The molecule has 0 aromatic heterocycles. The maximum atomic E-state index is 10.7. The molecule has 1 aromatic rings. The van der Waals surface area contributed by atoms with E-state index in [1.54, 1.807) is 0 Å². The second-order valence-corrected chi connectivity index (χ2v) is 3.21. The van der Waals surface area contributed by atoms with Crippen molar-refractivity contribution < 1.29 is 14.4 Å². The van der Waals surface area contributed by atoms with Crippen LogP contribution in [0.15, 0.2) is 18.2 Å². The summed E-state index contributed by atoms with van der Waals surface area (Å²) in [7, 11) is 1.46. The second kappa shape index (κ2) is 5.69. The van der Waals surface area contributed by atoms with Gasteiger partial charge in [-0.1, -0.05) is 0 Å². The molecule has 3 N–H and O–H groups in total. The van der Waals surface area contributed by atoms with Crippen molar-refractivity contribution in [3.8, 4) is 11.5 Å². The van der Waals surface area contributed by atoms with Crippen LogP contribution in [0.25, 0.3) is 0 Å². The number of methoxy groups -OCH3 is 1. The fourth-order valence-corrected chi connectivity index (χ4v) is 1.16. The summed E-state index contributed by atoms with van der Waals surface area (Å²) in [4.78, 5) is 10.2. The fraction of sp³-hybridized carbons (Fsp3) is 0.300. The van der Waals surface area contributed by atoms with E-state index in [1.807, 2.05) is 0 Å². The number of nitrogens with zero attached hydrogens (tertiary/aromatic N) is 1. The Hall–Kier alpha value is -2.31.